The highest BCUT2D eigenvalue weighted by molar-refractivity contribution is 6.30. The normalized spacial score (nSPS) is 19.6. The molecular weight excluding hydrogens is 220 g/mol. The molecule has 1 aliphatic carbocycles. The molecular formula is C14H15ClO. The van der Waals surface area contributed by atoms with Gasteiger partial charge in [-0.25, -0.2) is 0 Å². The molecule has 1 atom stereocenters. The molecule has 2 heteroatoms. The van der Waals surface area contributed by atoms with E-state index >= 15 is 0 Å². The van der Waals surface area contributed by atoms with Crippen LogP contribution in [0.2, 0.25) is 5.02 Å². The summed E-state index contributed by atoms with van der Waals surface area (Å²) in [6, 6.07) is 7.75. The Balaban J connectivity index is 2.26. The Morgan fingerprint density at radius 2 is 2.06 bits per heavy atom. The van der Waals surface area contributed by atoms with E-state index in [9.17, 15) is 4.79 Å². The summed E-state index contributed by atoms with van der Waals surface area (Å²) < 4.78 is 0. The molecule has 1 aromatic rings. The number of Topliss-reactive ketones (excluding diaryl/α,β-unsaturated/α-hetero) is 1. The molecule has 1 aromatic carbocycles. The highest BCUT2D eigenvalue weighted by atomic mass is 35.5. The number of carbonyl (C=O) groups excluding carboxylic acids is 1. The number of allylic oxidation sites excluding steroid dienone is 2. The lowest BCUT2D eigenvalue weighted by atomic mass is 9.90. The topological polar surface area (TPSA) is 17.1 Å². The first-order chi connectivity index (χ1) is 7.72. The van der Waals surface area contributed by atoms with E-state index in [1.807, 2.05) is 31.2 Å². The predicted molar refractivity (Wildman–Crippen MR) is 67.5 cm³/mol. The van der Waals surface area contributed by atoms with E-state index < -0.39 is 0 Å². The van der Waals surface area contributed by atoms with E-state index in [0.717, 1.165) is 23.4 Å². The van der Waals surface area contributed by atoms with Crippen LogP contribution in [0.1, 0.15) is 31.7 Å². The number of benzene rings is 1. The van der Waals surface area contributed by atoms with Crippen molar-refractivity contribution in [2.24, 2.45) is 5.92 Å². The lowest BCUT2D eigenvalue weighted by Gasteiger charge is -2.13. The Morgan fingerprint density at radius 3 is 2.69 bits per heavy atom. The minimum atomic E-state index is 0.103. The quantitative estimate of drug-likeness (QED) is 0.769. The highest BCUT2D eigenvalue weighted by Crippen LogP contribution is 2.35. The first-order valence-corrected chi connectivity index (χ1v) is 6.09. The molecule has 0 aliphatic heterocycles. The fourth-order valence-electron chi connectivity index (χ4n) is 2.25. The first kappa shape index (κ1) is 11.4. The molecule has 16 heavy (non-hydrogen) atoms. The molecule has 1 unspecified atom stereocenters. The molecule has 2 rings (SSSR count). The zero-order valence-corrected chi connectivity index (χ0v) is 10.1. The van der Waals surface area contributed by atoms with Crippen molar-refractivity contribution in [3.05, 3.63) is 40.9 Å². The van der Waals surface area contributed by atoms with Crippen molar-refractivity contribution in [2.75, 3.05) is 0 Å². The maximum Gasteiger partial charge on any atom is 0.140 e. The number of carbonyl (C=O) groups is 1. The summed E-state index contributed by atoms with van der Waals surface area (Å²) in [5.41, 5.74) is 2.32. The van der Waals surface area contributed by atoms with Gasteiger partial charge in [0.2, 0.25) is 0 Å². The van der Waals surface area contributed by atoms with Crippen molar-refractivity contribution in [1.82, 2.24) is 0 Å². The van der Waals surface area contributed by atoms with E-state index in [-0.39, 0.29) is 5.92 Å². The van der Waals surface area contributed by atoms with Crippen LogP contribution in [0.15, 0.2) is 30.3 Å². The number of hydrogen-bond acceptors (Lipinski definition) is 1. The van der Waals surface area contributed by atoms with E-state index in [2.05, 4.69) is 6.08 Å². The smallest absolute Gasteiger partial charge is 0.140 e. The van der Waals surface area contributed by atoms with Gasteiger partial charge in [0, 0.05) is 17.4 Å². The summed E-state index contributed by atoms with van der Waals surface area (Å²) in [5.74, 6) is 0.449. The van der Waals surface area contributed by atoms with Gasteiger partial charge >= 0.3 is 0 Å². The van der Waals surface area contributed by atoms with Gasteiger partial charge in [-0.3, -0.25) is 4.79 Å². The van der Waals surface area contributed by atoms with Crippen LogP contribution in [0.5, 0.6) is 0 Å². The molecule has 1 aliphatic rings. The summed E-state index contributed by atoms with van der Waals surface area (Å²) >= 11 is 5.86. The van der Waals surface area contributed by atoms with Gasteiger partial charge in [0.15, 0.2) is 0 Å². The Hall–Kier alpha value is -1.08. The van der Waals surface area contributed by atoms with Gasteiger partial charge < -0.3 is 0 Å². The summed E-state index contributed by atoms with van der Waals surface area (Å²) in [4.78, 5) is 11.8. The van der Waals surface area contributed by atoms with Crippen LogP contribution < -0.4 is 0 Å². The standard InChI is InChI=1S/C14H15ClO/c1-2-14(16)13-5-3-4-12(13)10-6-8-11(15)9-7-10/h4,6-9,13H,2-3,5H2,1H3. The Morgan fingerprint density at radius 1 is 1.38 bits per heavy atom. The van der Waals surface area contributed by atoms with Crippen LogP contribution in [0.25, 0.3) is 5.57 Å². The number of ketones is 1. The van der Waals surface area contributed by atoms with Crippen molar-refractivity contribution >= 4 is 23.0 Å². The molecule has 0 fully saturated rings. The summed E-state index contributed by atoms with van der Waals surface area (Å²) in [5, 5.41) is 0.737. The second-order valence-corrected chi connectivity index (χ2v) is 4.55. The van der Waals surface area contributed by atoms with Crippen LogP contribution >= 0.6 is 11.6 Å². The Bertz CT molecular complexity index is 417. The van der Waals surface area contributed by atoms with Crippen molar-refractivity contribution in [3.8, 4) is 0 Å². The third-order valence-corrected chi connectivity index (χ3v) is 3.36. The fourth-order valence-corrected chi connectivity index (χ4v) is 2.37. The summed E-state index contributed by atoms with van der Waals surface area (Å²) in [7, 11) is 0. The molecule has 0 N–H and O–H groups in total. The average molecular weight is 235 g/mol. The van der Waals surface area contributed by atoms with Gasteiger partial charge in [0.05, 0.1) is 0 Å². The third-order valence-electron chi connectivity index (χ3n) is 3.11. The monoisotopic (exact) mass is 234 g/mol. The molecule has 0 aromatic heterocycles. The minimum Gasteiger partial charge on any atom is -0.299 e. The first-order valence-electron chi connectivity index (χ1n) is 5.71. The predicted octanol–water partition coefficient (Wildman–Crippen LogP) is 4.11. The summed E-state index contributed by atoms with van der Waals surface area (Å²) in [6.07, 6.45) is 4.77. The second-order valence-electron chi connectivity index (χ2n) is 4.12. The largest absolute Gasteiger partial charge is 0.299 e. The average Bonchev–Trinajstić information content (AvgIpc) is 2.78. The second kappa shape index (κ2) is 4.84. The van der Waals surface area contributed by atoms with Gasteiger partial charge in [0.25, 0.3) is 0 Å². The fraction of sp³-hybridized carbons (Fsp3) is 0.357. The van der Waals surface area contributed by atoms with Crippen LogP contribution in [-0.4, -0.2) is 5.78 Å². The molecule has 84 valence electrons. The van der Waals surface area contributed by atoms with Crippen molar-refractivity contribution in [1.29, 1.82) is 0 Å². The lowest BCUT2D eigenvalue weighted by molar-refractivity contribution is -0.120. The van der Waals surface area contributed by atoms with E-state index in [1.54, 1.807) is 0 Å². The maximum atomic E-state index is 11.8. The molecule has 0 heterocycles. The number of halogens is 1. The molecule has 0 spiro atoms. The van der Waals surface area contributed by atoms with Gasteiger partial charge in [-0.05, 0) is 36.1 Å². The molecule has 0 bridgehead atoms. The maximum absolute atomic E-state index is 11.8. The zero-order chi connectivity index (χ0) is 11.5. The molecule has 0 amide bonds. The Kier molecular flexibility index (Phi) is 3.45. The van der Waals surface area contributed by atoms with Crippen LogP contribution in [-0.2, 0) is 4.79 Å². The van der Waals surface area contributed by atoms with Crippen LogP contribution in [0, 0.1) is 5.92 Å². The van der Waals surface area contributed by atoms with Gasteiger partial charge in [0.1, 0.15) is 5.78 Å². The van der Waals surface area contributed by atoms with E-state index in [0.29, 0.717) is 12.2 Å². The SMILES string of the molecule is CCC(=O)C1CCC=C1c1ccc(Cl)cc1. The van der Waals surface area contributed by atoms with Crippen LogP contribution in [0.4, 0.5) is 0 Å². The third kappa shape index (κ3) is 2.19. The molecule has 0 saturated heterocycles. The van der Waals surface area contributed by atoms with Crippen LogP contribution in [0.3, 0.4) is 0 Å². The van der Waals surface area contributed by atoms with E-state index in [4.69, 9.17) is 11.6 Å². The van der Waals surface area contributed by atoms with E-state index in [1.165, 1.54) is 5.57 Å². The van der Waals surface area contributed by atoms with Gasteiger partial charge in [-0.1, -0.05) is 36.7 Å². The zero-order valence-electron chi connectivity index (χ0n) is 9.37. The van der Waals surface area contributed by atoms with Gasteiger partial charge in [-0.2, -0.15) is 0 Å². The van der Waals surface area contributed by atoms with Crippen molar-refractivity contribution in [3.63, 3.8) is 0 Å². The van der Waals surface area contributed by atoms with Crippen molar-refractivity contribution in [2.45, 2.75) is 26.2 Å². The minimum absolute atomic E-state index is 0.103. The van der Waals surface area contributed by atoms with Gasteiger partial charge in [-0.15, -0.1) is 0 Å². The number of hydrogen-bond donors (Lipinski definition) is 0. The Labute approximate surface area is 101 Å². The lowest BCUT2D eigenvalue weighted by Crippen LogP contribution is -2.11. The highest BCUT2D eigenvalue weighted by Gasteiger charge is 2.25. The number of rotatable bonds is 3. The summed E-state index contributed by atoms with van der Waals surface area (Å²) in [6.45, 7) is 1.93. The molecule has 0 saturated carbocycles. The molecule has 1 nitrogen and oxygen atoms in total. The van der Waals surface area contributed by atoms with Crippen molar-refractivity contribution < 1.29 is 4.79 Å². The molecule has 0 radical (unpaired) electrons.